The topological polar surface area (TPSA) is 141 Å². The van der Waals surface area contributed by atoms with Crippen molar-refractivity contribution in [1.82, 2.24) is 5.32 Å². The second-order valence-electron chi connectivity index (χ2n) is 5.74. The number of carbonyl (C=O) groups is 2. The summed E-state index contributed by atoms with van der Waals surface area (Å²) >= 11 is 0. The molecule has 0 spiro atoms. The zero-order valence-corrected chi connectivity index (χ0v) is 18.4. The fraction of sp³-hybridized carbons (Fsp3) is 0.211. The van der Waals surface area contributed by atoms with Crippen LogP contribution in [-0.2, 0) is 11.3 Å². The van der Waals surface area contributed by atoms with Gasteiger partial charge in [0.2, 0.25) is 5.91 Å². The third-order valence-electron chi connectivity index (χ3n) is 3.73. The highest BCUT2D eigenvalue weighted by Crippen LogP contribution is 2.29. The van der Waals surface area contributed by atoms with E-state index in [0.717, 1.165) is 5.56 Å². The molecule has 2 aromatic carbocycles. The molecule has 2 rings (SSSR count). The number of hydrogen-bond acceptors (Lipinski definition) is 5. The second kappa shape index (κ2) is 11.7. The minimum Gasteiger partial charge on any atom is -0.493 e. The number of rotatable bonds is 8. The number of guanidine groups is 1. The quantitative estimate of drug-likeness (QED) is 0.239. The molecule has 0 radical (unpaired) electrons. The Kier molecular flexibility index (Phi) is 9.72. The molecule has 9 nitrogen and oxygen atoms in total. The summed E-state index contributed by atoms with van der Waals surface area (Å²) < 4.78 is 10.4. The van der Waals surface area contributed by atoms with Gasteiger partial charge in [0, 0.05) is 17.3 Å². The summed E-state index contributed by atoms with van der Waals surface area (Å²) in [5, 5.41) is 5.40. The average molecular weight is 513 g/mol. The lowest BCUT2D eigenvalue weighted by Gasteiger charge is -2.11. The van der Waals surface area contributed by atoms with Gasteiger partial charge >= 0.3 is 0 Å². The van der Waals surface area contributed by atoms with Gasteiger partial charge in [-0.15, -0.1) is 24.0 Å². The fourth-order valence-corrected chi connectivity index (χ4v) is 2.31. The number of primary amides is 1. The van der Waals surface area contributed by atoms with E-state index in [2.05, 4.69) is 15.6 Å². The van der Waals surface area contributed by atoms with Crippen molar-refractivity contribution in [2.24, 2.45) is 16.5 Å². The summed E-state index contributed by atoms with van der Waals surface area (Å²) in [6.07, 6.45) is 0. The molecule has 0 atom stereocenters. The van der Waals surface area contributed by atoms with Gasteiger partial charge in [0.25, 0.3) is 5.91 Å². The van der Waals surface area contributed by atoms with Crippen LogP contribution in [0.1, 0.15) is 15.9 Å². The van der Waals surface area contributed by atoms with E-state index in [9.17, 15) is 9.59 Å². The normalized spacial score (nSPS) is 10.5. The maximum absolute atomic E-state index is 11.8. The Balaban J connectivity index is 0.00000420. The Morgan fingerprint density at radius 3 is 2.24 bits per heavy atom. The summed E-state index contributed by atoms with van der Waals surface area (Å²) in [6, 6.07) is 12.1. The molecule has 0 aliphatic rings. The van der Waals surface area contributed by atoms with Crippen molar-refractivity contribution in [3.05, 3.63) is 53.6 Å². The van der Waals surface area contributed by atoms with Gasteiger partial charge in [0.15, 0.2) is 17.5 Å². The van der Waals surface area contributed by atoms with Crippen molar-refractivity contribution in [1.29, 1.82) is 0 Å². The molecule has 156 valence electrons. The lowest BCUT2D eigenvalue weighted by Crippen LogP contribution is -2.33. The SMILES string of the molecule is COc1ccc(NC(N)=NCc2ccc(C(=O)NCC(N)=O)cc2)cc1OC.I. The van der Waals surface area contributed by atoms with Crippen LogP contribution in [0.5, 0.6) is 11.5 Å². The van der Waals surface area contributed by atoms with Crippen LogP contribution in [0.25, 0.3) is 0 Å². The number of carbonyl (C=O) groups excluding carboxylic acids is 2. The molecule has 0 saturated carbocycles. The van der Waals surface area contributed by atoms with E-state index in [1.54, 1.807) is 56.7 Å². The minimum atomic E-state index is -0.600. The lowest BCUT2D eigenvalue weighted by molar-refractivity contribution is -0.117. The number of methoxy groups -OCH3 is 2. The molecule has 29 heavy (non-hydrogen) atoms. The Labute approximate surface area is 185 Å². The smallest absolute Gasteiger partial charge is 0.251 e. The maximum Gasteiger partial charge on any atom is 0.251 e. The number of anilines is 1. The molecule has 0 saturated heterocycles. The number of ether oxygens (including phenoxy) is 2. The largest absolute Gasteiger partial charge is 0.493 e. The highest BCUT2D eigenvalue weighted by Gasteiger charge is 2.07. The van der Waals surface area contributed by atoms with Gasteiger partial charge in [-0.2, -0.15) is 0 Å². The van der Waals surface area contributed by atoms with Crippen molar-refractivity contribution >= 4 is 47.4 Å². The standard InChI is InChI=1S/C19H23N5O4.HI/c1-27-15-8-7-14(9-16(15)28-2)24-19(21)23-10-12-3-5-13(6-4-12)18(26)22-11-17(20)25;/h3-9H,10-11H2,1-2H3,(H2,20,25)(H,22,26)(H3,21,23,24);1H. The van der Waals surface area contributed by atoms with Crippen LogP contribution in [-0.4, -0.2) is 38.5 Å². The lowest BCUT2D eigenvalue weighted by atomic mass is 10.1. The first-order valence-electron chi connectivity index (χ1n) is 8.37. The van der Waals surface area contributed by atoms with E-state index in [1.807, 2.05) is 0 Å². The first kappa shape index (κ1) is 24.0. The summed E-state index contributed by atoms with van der Waals surface area (Å²) in [6.45, 7) is 0.124. The predicted octanol–water partition coefficient (Wildman–Crippen LogP) is 1.46. The molecule has 0 aliphatic carbocycles. The van der Waals surface area contributed by atoms with E-state index >= 15 is 0 Å². The first-order valence-corrected chi connectivity index (χ1v) is 8.37. The number of amides is 2. The van der Waals surface area contributed by atoms with Crippen molar-refractivity contribution < 1.29 is 19.1 Å². The van der Waals surface area contributed by atoms with Crippen molar-refractivity contribution in [3.63, 3.8) is 0 Å². The highest BCUT2D eigenvalue weighted by molar-refractivity contribution is 14.0. The van der Waals surface area contributed by atoms with Gasteiger partial charge in [-0.25, -0.2) is 4.99 Å². The van der Waals surface area contributed by atoms with Gasteiger partial charge in [-0.05, 0) is 29.8 Å². The van der Waals surface area contributed by atoms with E-state index in [1.165, 1.54) is 0 Å². The molecule has 0 bridgehead atoms. The first-order chi connectivity index (χ1) is 13.4. The zero-order chi connectivity index (χ0) is 20.5. The number of benzene rings is 2. The Morgan fingerprint density at radius 2 is 1.66 bits per heavy atom. The molecule has 0 fully saturated rings. The van der Waals surface area contributed by atoms with Gasteiger partial charge < -0.3 is 31.6 Å². The Morgan fingerprint density at radius 1 is 1.00 bits per heavy atom. The van der Waals surface area contributed by atoms with Crippen LogP contribution < -0.4 is 31.6 Å². The van der Waals surface area contributed by atoms with E-state index < -0.39 is 5.91 Å². The molecule has 0 heterocycles. The summed E-state index contributed by atoms with van der Waals surface area (Å²) in [5.41, 5.74) is 12.9. The number of nitrogens with zero attached hydrogens (tertiary/aromatic N) is 1. The van der Waals surface area contributed by atoms with Crippen LogP contribution in [0.3, 0.4) is 0 Å². The third-order valence-corrected chi connectivity index (χ3v) is 3.73. The molecule has 2 aromatic rings. The van der Waals surface area contributed by atoms with Crippen molar-refractivity contribution in [2.75, 3.05) is 26.1 Å². The molecule has 2 amide bonds. The van der Waals surface area contributed by atoms with Crippen LogP contribution in [0.15, 0.2) is 47.5 Å². The zero-order valence-electron chi connectivity index (χ0n) is 16.1. The van der Waals surface area contributed by atoms with Crippen LogP contribution in [0.2, 0.25) is 0 Å². The van der Waals surface area contributed by atoms with E-state index in [-0.39, 0.29) is 42.4 Å². The van der Waals surface area contributed by atoms with E-state index in [0.29, 0.717) is 29.3 Å². The monoisotopic (exact) mass is 513 g/mol. The van der Waals surface area contributed by atoms with Gasteiger partial charge in [-0.3, -0.25) is 9.59 Å². The van der Waals surface area contributed by atoms with E-state index in [4.69, 9.17) is 20.9 Å². The summed E-state index contributed by atoms with van der Waals surface area (Å²) in [5.74, 6) is 0.449. The number of hydrogen-bond donors (Lipinski definition) is 4. The predicted molar refractivity (Wildman–Crippen MR) is 122 cm³/mol. The molecule has 6 N–H and O–H groups in total. The molecule has 10 heteroatoms. The van der Waals surface area contributed by atoms with Crippen LogP contribution >= 0.6 is 24.0 Å². The second-order valence-corrected chi connectivity index (χ2v) is 5.74. The molecule has 0 aliphatic heterocycles. The number of halogens is 1. The Bertz CT molecular complexity index is 871. The number of nitrogens with one attached hydrogen (secondary N) is 2. The van der Waals surface area contributed by atoms with Crippen molar-refractivity contribution in [3.8, 4) is 11.5 Å². The summed E-state index contributed by atoms with van der Waals surface area (Å²) in [7, 11) is 3.12. The van der Waals surface area contributed by atoms with Gasteiger partial charge in [0.05, 0.1) is 27.3 Å². The molecular formula is C19H24IN5O4. The minimum absolute atomic E-state index is 0. The maximum atomic E-state index is 11.8. The molecule has 0 aromatic heterocycles. The van der Waals surface area contributed by atoms with Crippen LogP contribution in [0.4, 0.5) is 5.69 Å². The van der Waals surface area contributed by atoms with Gasteiger partial charge in [-0.1, -0.05) is 12.1 Å². The van der Waals surface area contributed by atoms with Crippen molar-refractivity contribution in [2.45, 2.75) is 6.54 Å². The number of aliphatic imine (C=N–C) groups is 1. The molecule has 0 unspecified atom stereocenters. The highest BCUT2D eigenvalue weighted by atomic mass is 127. The Hall–Kier alpha value is -3.02. The number of nitrogens with two attached hydrogens (primary N) is 2. The van der Waals surface area contributed by atoms with Crippen LogP contribution in [0, 0.1) is 0 Å². The van der Waals surface area contributed by atoms with Gasteiger partial charge in [0.1, 0.15) is 0 Å². The molecular weight excluding hydrogens is 489 g/mol. The third kappa shape index (κ3) is 7.49. The fourth-order valence-electron chi connectivity index (χ4n) is 2.31. The average Bonchev–Trinajstić information content (AvgIpc) is 2.70. The summed E-state index contributed by atoms with van der Waals surface area (Å²) in [4.78, 5) is 26.8.